The quantitative estimate of drug-likeness (QED) is 0.280. The van der Waals surface area contributed by atoms with Crippen molar-refractivity contribution in [3.8, 4) is 11.1 Å². The molecule has 0 spiro atoms. The standard InChI is InChI=1S/C29H34N4O4S/c1-16(2)33-15-18(4)27-24(28(34)30-14-25-17(3)10-19(5)31-29(25)35)12-23(13-26(27)33)22-9-7-8-21(11-22)20(6)32-38(36)37/h7-13,15-16,20,32H,14H2,1-6H3,(H,30,34)(H,31,35)(H,36,37)/p-1. The highest BCUT2D eigenvalue weighted by molar-refractivity contribution is 7.77. The number of aromatic nitrogens is 2. The summed E-state index contributed by atoms with van der Waals surface area (Å²) in [6.07, 6.45) is 2.05. The molecule has 0 saturated carbocycles. The summed E-state index contributed by atoms with van der Waals surface area (Å²) in [5.74, 6) is -0.270. The third kappa shape index (κ3) is 5.65. The summed E-state index contributed by atoms with van der Waals surface area (Å²) in [4.78, 5) is 28.9. The van der Waals surface area contributed by atoms with Crippen LogP contribution in [0, 0.1) is 20.8 Å². The van der Waals surface area contributed by atoms with Gasteiger partial charge in [0.05, 0.1) is 0 Å². The van der Waals surface area contributed by atoms with E-state index < -0.39 is 17.3 Å². The van der Waals surface area contributed by atoms with Gasteiger partial charge in [-0.05, 0) is 93.6 Å². The topological polar surface area (TPSA) is 119 Å². The van der Waals surface area contributed by atoms with Gasteiger partial charge >= 0.3 is 0 Å². The van der Waals surface area contributed by atoms with Crippen LogP contribution in [0.5, 0.6) is 0 Å². The summed E-state index contributed by atoms with van der Waals surface area (Å²) in [6, 6.07) is 13.2. The summed E-state index contributed by atoms with van der Waals surface area (Å²) in [6.45, 7) is 11.8. The predicted octanol–water partition coefficient (Wildman–Crippen LogP) is 4.88. The molecule has 200 valence electrons. The Balaban J connectivity index is 1.80. The minimum Gasteiger partial charge on any atom is -0.760 e. The van der Waals surface area contributed by atoms with Crippen molar-refractivity contribution < 1.29 is 13.6 Å². The molecule has 2 aromatic heterocycles. The van der Waals surface area contributed by atoms with Crippen molar-refractivity contribution in [2.75, 3.05) is 0 Å². The molecule has 0 saturated heterocycles. The van der Waals surface area contributed by atoms with Crippen LogP contribution in [0.3, 0.4) is 0 Å². The third-order valence-electron chi connectivity index (χ3n) is 6.84. The summed E-state index contributed by atoms with van der Waals surface area (Å²) in [7, 11) is 0. The average molecular weight is 534 g/mol. The maximum absolute atomic E-state index is 13.6. The van der Waals surface area contributed by atoms with E-state index in [1.807, 2.05) is 57.2 Å². The van der Waals surface area contributed by atoms with Gasteiger partial charge < -0.3 is 19.4 Å². The van der Waals surface area contributed by atoms with Gasteiger partial charge in [-0.15, -0.1) is 0 Å². The molecule has 2 unspecified atom stereocenters. The van der Waals surface area contributed by atoms with Crippen molar-refractivity contribution in [2.24, 2.45) is 0 Å². The molecule has 2 aromatic carbocycles. The Kier molecular flexibility index (Phi) is 8.01. The number of amides is 1. The predicted molar refractivity (Wildman–Crippen MR) is 151 cm³/mol. The fourth-order valence-electron chi connectivity index (χ4n) is 4.93. The first-order valence-corrected chi connectivity index (χ1v) is 13.6. The molecule has 8 nitrogen and oxygen atoms in total. The zero-order valence-electron chi connectivity index (χ0n) is 22.5. The van der Waals surface area contributed by atoms with E-state index in [1.54, 1.807) is 6.92 Å². The molecule has 38 heavy (non-hydrogen) atoms. The summed E-state index contributed by atoms with van der Waals surface area (Å²) in [5.41, 5.74) is 6.87. The van der Waals surface area contributed by atoms with E-state index in [9.17, 15) is 18.4 Å². The highest BCUT2D eigenvalue weighted by atomic mass is 32.2. The zero-order valence-corrected chi connectivity index (χ0v) is 23.3. The molecule has 0 aliphatic heterocycles. The maximum Gasteiger partial charge on any atom is 0.253 e. The van der Waals surface area contributed by atoms with Crippen LogP contribution in [-0.4, -0.2) is 24.2 Å². The number of fused-ring (bicyclic) bond motifs is 1. The van der Waals surface area contributed by atoms with Crippen molar-refractivity contribution in [1.82, 2.24) is 19.6 Å². The van der Waals surface area contributed by atoms with E-state index in [0.717, 1.165) is 44.4 Å². The Bertz CT molecular complexity index is 1600. The summed E-state index contributed by atoms with van der Waals surface area (Å²) in [5, 5.41) is 3.82. The fourth-order valence-corrected chi connectivity index (χ4v) is 5.35. The number of pyridine rings is 1. The number of rotatable bonds is 8. The summed E-state index contributed by atoms with van der Waals surface area (Å²) < 4.78 is 26.9. The van der Waals surface area contributed by atoms with E-state index in [4.69, 9.17) is 0 Å². The Hall–Kier alpha value is -3.53. The Morgan fingerprint density at radius 2 is 1.79 bits per heavy atom. The number of nitrogens with zero attached hydrogens (tertiary/aromatic N) is 1. The molecule has 0 aliphatic carbocycles. The highest BCUT2D eigenvalue weighted by Crippen LogP contribution is 2.33. The molecule has 9 heteroatoms. The van der Waals surface area contributed by atoms with Crippen molar-refractivity contribution in [1.29, 1.82) is 0 Å². The monoisotopic (exact) mass is 533 g/mol. The zero-order chi connectivity index (χ0) is 27.7. The lowest BCUT2D eigenvalue weighted by Gasteiger charge is -2.17. The van der Waals surface area contributed by atoms with Gasteiger partial charge in [-0.3, -0.25) is 13.8 Å². The van der Waals surface area contributed by atoms with E-state index in [-0.39, 0.29) is 24.1 Å². The first-order valence-electron chi connectivity index (χ1n) is 12.5. The third-order valence-corrected chi connectivity index (χ3v) is 7.38. The summed E-state index contributed by atoms with van der Waals surface area (Å²) >= 11 is -2.39. The van der Waals surface area contributed by atoms with Crippen LogP contribution in [0.1, 0.15) is 71.2 Å². The van der Waals surface area contributed by atoms with Gasteiger partial charge in [0.15, 0.2) is 0 Å². The number of carbonyl (C=O) groups is 1. The number of H-pyrrole nitrogens is 1. The Labute approximate surface area is 224 Å². The molecule has 2 heterocycles. The van der Waals surface area contributed by atoms with Crippen LogP contribution >= 0.6 is 0 Å². The second-order valence-corrected chi connectivity index (χ2v) is 10.8. The SMILES string of the molecule is Cc1cc(C)c(CNC(=O)c2cc(-c3cccc(C(C)NS(=O)[O-])c3)cc3c2c(C)cn3C(C)C)c(=O)[nH]1. The van der Waals surface area contributed by atoms with Crippen LogP contribution in [0.25, 0.3) is 22.0 Å². The first kappa shape index (κ1) is 27.5. The molecule has 0 radical (unpaired) electrons. The minimum absolute atomic E-state index is 0.112. The van der Waals surface area contributed by atoms with Crippen LogP contribution in [-0.2, 0) is 17.8 Å². The van der Waals surface area contributed by atoms with E-state index in [1.165, 1.54) is 0 Å². The number of carbonyl (C=O) groups excluding carboxylic acids is 1. The lowest BCUT2D eigenvalue weighted by atomic mass is 9.96. The van der Waals surface area contributed by atoms with Crippen molar-refractivity contribution in [3.05, 3.63) is 92.5 Å². The molecule has 2 atom stereocenters. The molecular formula is C29H33N4O4S-. The van der Waals surface area contributed by atoms with Crippen molar-refractivity contribution in [2.45, 2.75) is 60.2 Å². The lowest BCUT2D eigenvalue weighted by molar-refractivity contribution is 0.0952. The first-order chi connectivity index (χ1) is 18.0. The van der Waals surface area contributed by atoms with Gasteiger partial charge in [0, 0.05) is 63.8 Å². The fraction of sp³-hybridized carbons (Fsp3) is 0.310. The van der Waals surface area contributed by atoms with Gasteiger partial charge in [0.25, 0.3) is 11.5 Å². The van der Waals surface area contributed by atoms with E-state index >= 15 is 0 Å². The van der Waals surface area contributed by atoms with Crippen LogP contribution < -0.4 is 15.6 Å². The average Bonchev–Trinajstić information content (AvgIpc) is 3.19. The Morgan fingerprint density at radius 1 is 1.05 bits per heavy atom. The van der Waals surface area contributed by atoms with Gasteiger partial charge in [0.2, 0.25) is 0 Å². The molecule has 0 fully saturated rings. The maximum atomic E-state index is 13.6. The molecule has 0 bridgehead atoms. The number of hydrogen-bond acceptors (Lipinski definition) is 4. The Morgan fingerprint density at radius 3 is 2.45 bits per heavy atom. The van der Waals surface area contributed by atoms with E-state index in [0.29, 0.717) is 11.1 Å². The number of hydrogen-bond donors (Lipinski definition) is 3. The number of nitrogens with one attached hydrogen (secondary N) is 3. The minimum atomic E-state index is -2.39. The number of aromatic amines is 1. The highest BCUT2D eigenvalue weighted by Gasteiger charge is 2.20. The molecule has 4 aromatic rings. The van der Waals surface area contributed by atoms with Gasteiger partial charge in [-0.2, -0.15) is 0 Å². The number of benzene rings is 2. The van der Waals surface area contributed by atoms with Crippen LogP contribution in [0.4, 0.5) is 0 Å². The van der Waals surface area contributed by atoms with Gasteiger partial charge in [-0.1, -0.05) is 18.2 Å². The normalized spacial score (nSPS) is 13.2. The second kappa shape index (κ2) is 11.1. The number of aryl methyl sites for hydroxylation is 3. The smallest absolute Gasteiger partial charge is 0.253 e. The van der Waals surface area contributed by atoms with E-state index in [2.05, 4.69) is 45.7 Å². The van der Waals surface area contributed by atoms with Crippen LogP contribution in [0.2, 0.25) is 0 Å². The van der Waals surface area contributed by atoms with Gasteiger partial charge in [0.1, 0.15) is 0 Å². The molecule has 1 amide bonds. The largest absolute Gasteiger partial charge is 0.760 e. The second-order valence-electron chi connectivity index (χ2n) is 10.1. The molecular weight excluding hydrogens is 500 g/mol. The molecule has 3 N–H and O–H groups in total. The van der Waals surface area contributed by atoms with Crippen molar-refractivity contribution in [3.63, 3.8) is 0 Å². The van der Waals surface area contributed by atoms with Crippen molar-refractivity contribution >= 4 is 28.1 Å². The molecule has 4 rings (SSSR count). The lowest BCUT2D eigenvalue weighted by Crippen LogP contribution is -2.28. The van der Waals surface area contributed by atoms with Crippen LogP contribution in [0.15, 0.2) is 53.5 Å². The molecule has 0 aliphatic rings. The van der Waals surface area contributed by atoms with Gasteiger partial charge in [-0.25, -0.2) is 4.72 Å².